The van der Waals surface area contributed by atoms with Crippen LogP contribution in [0.1, 0.15) is 31.7 Å². The SMILES string of the molecule is CC(C)Oc1ccccc1/C=C1\CCn2c1nc1cc(Cl)ccc1c2=O. The topological polar surface area (TPSA) is 44.1 Å². The fourth-order valence-electron chi connectivity index (χ4n) is 3.28. The van der Waals surface area contributed by atoms with Crippen LogP contribution in [0.15, 0.2) is 47.3 Å². The Morgan fingerprint density at radius 2 is 2.04 bits per heavy atom. The maximum atomic E-state index is 12.8. The van der Waals surface area contributed by atoms with Crippen molar-refractivity contribution in [1.82, 2.24) is 9.55 Å². The summed E-state index contributed by atoms with van der Waals surface area (Å²) in [5.41, 5.74) is 2.64. The van der Waals surface area contributed by atoms with Gasteiger partial charge in [-0.05, 0) is 56.2 Å². The van der Waals surface area contributed by atoms with E-state index in [0.717, 1.165) is 23.3 Å². The van der Waals surface area contributed by atoms with E-state index in [-0.39, 0.29) is 11.7 Å². The molecule has 4 nitrogen and oxygen atoms in total. The number of ether oxygens (including phenoxy) is 1. The van der Waals surface area contributed by atoms with Crippen molar-refractivity contribution in [2.75, 3.05) is 0 Å². The summed E-state index contributed by atoms with van der Waals surface area (Å²) in [6.45, 7) is 4.65. The Balaban J connectivity index is 1.85. The lowest BCUT2D eigenvalue weighted by molar-refractivity contribution is 0.242. The first-order valence-electron chi connectivity index (χ1n) is 8.69. The average Bonchev–Trinajstić information content (AvgIpc) is 2.99. The van der Waals surface area contributed by atoms with Crippen LogP contribution in [0.4, 0.5) is 0 Å². The predicted octanol–water partition coefficient (Wildman–Crippen LogP) is 4.78. The fraction of sp³-hybridized carbons (Fsp3) is 0.238. The van der Waals surface area contributed by atoms with Gasteiger partial charge in [-0.3, -0.25) is 9.36 Å². The molecule has 0 amide bonds. The van der Waals surface area contributed by atoms with E-state index in [1.54, 1.807) is 22.8 Å². The molecular formula is C21H19ClN2O2. The molecule has 0 radical (unpaired) electrons. The monoisotopic (exact) mass is 366 g/mol. The molecule has 5 heteroatoms. The van der Waals surface area contributed by atoms with Gasteiger partial charge in [-0.2, -0.15) is 0 Å². The number of hydrogen-bond donors (Lipinski definition) is 0. The van der Waals surface area contributed by atoms with Gasteiger partial charge in [0, 0.05) is 17.1 Å². The molecule has 0 unspecified atom stereocenters. The lowest BCUT2D eigenvalue weighted by Crippen LogP contribution is -2.20. The molecule has 0 fully saturated rings. The highest BCUT2D eigenvalue weighted by atomic mass is 35.5. The Morgan fingerprint density at radius 1 is 1.23 bits per heavy atom. The number of allylic oxidation sites excluding steroid dienone is 1. The zero-order valence-electron chi connectivity index (χ0n) is 14.7. The molecule has 2 aromatic carbocycles. The van der Waals surface area contributed by atoms with Gasteiger partial charge in [0.1, 0.15) is 11.6 Å². The highest BCUT2D eigenvalue weighted by Gasteiger charge is 2.21. The number of benzene rings is 2. The predicted molar refractivity (Wildman–Crippen MR) is 106 cm³/mol. The molecule has 1 aliphatic rings. The van der Waals surface area contributed by atoms with E-state index in [0.29, 0.717) is 28.3 Å². The van der Waals surface area contributed by atoms with Gasteiger partial charge in [-0.15, -0.1) is 0 Å². The molecule has 1 aromatic heterocycles. The van der Waals surface area contributed by atoms with Gasteiger partial charge < -0.3 is 4.74 Å². The summed E-state index contributed by atoms with van der Waals surface area (Å²) >= 11 is 6.08. The van der Waals surface area contributed by atoms with Crippen LogP contribution in [-0.4, -0.2) is 15.7 Å². The number of fused-ring (bicyclic) bond motifs is 2. The molecule has 0 N–H and O–H groups in total. The Hall–Kier alpha value is -2.59. The van der Waals surface area contributed by atoms with E-state index in [2.05, 4.69) is 6.08 Å². The molecular weight excluding hydrogens is 348 g/mol. The summed E-state index contributed by atoms with van der Waals surface area (Å²) in [6, 6.07) is 13.1. The molecule has 0 aliphatic carbocycles. The summed E-state index contributed by atoms with van der Waals surface area (Å²) in [7, 11) is 0. The molecule has 26 heavy (non-hydrogen) atoms. The van der Waals surface area contributed by atoms with Crippen LogP contribution >= 0.6 is 11.6 Å². The summed E-state index contributed by atoms with van der Waals surface area (Å²) < 4.78 is 7.65. The third-order valence-corrected chi connectivity index (χ3v) is 4.66. The lowest BCUT2D eigenvalue weighted by atomic mass is 10.1. The molecule has 0 saturated carbocycles. The summed E-state index contributed by atoms with van der Waals surface area (Å²) in [6.07, 6.45) is 2.93. The number of nitrogens with zero attached hydrogens (tertiary/aromatic N) is 2. The standard InChI is InChI=1S/C21H19ClN2O2/c1-13(2)26-19-6-4-3-5-14(19)11-15-9-10-24-20(15)23-18-12-16(22)7-8-17(18)21(24)25/h3-8,11-13H,9-10H2,1-2H3/b15-11+. The third kappa shape index (κ3) is 3.01. The Labute approximate surface area is 156 Å². The fourth-order valence-corrected chi connectivity index (χ4v) is 3.44. The number of rotatable bonds is 3. The smallest absolute Gasteiger partial charge is 0.261 e. The highest BCUT2D eigenvalue weighted by Crippen LogP contribution is 2.31. The first kappa shape index (κ1) is 16.9. The maximum absolute atomic E-state index is 12.8. The van der Waals surface area contributed by atoms with E-state index in [1.165, 1.54) is 0 Å². The number of hydrogen-bond acceptors (Lipinski definition) is 3. The van der Waals surface area contributed by atoms with Crippen LogP contribution in [-0.2, 0) is 6.54 Å². The van der Waals surface area contributed by atoms with Crippen molar-refractivity contribution in [3.05, 3.63) is 69.2 Å². The Morgan fingerprint density at radius 3 is 2.85 bits per heavy atom. The number of para-hydroxylation sites is 1. The van der Waals surface area contributed by atoms with Crippen LogP contribution in [0.2, 0.25) is 5.02 Å². The molecule has 4 rings (SSSR count). The summed E-state index contributed by atoms with van der Waals surface area (Å²) in [5, 5.41) is 1.18. The maximum Gasteiger partial charge on any atom is 0.261 e. The highest BCUT2D eigenvalue weighted by molar-refractivity contribution is 6.31. The molecule has 0 spiro atoms. The van der Waals surface area contributed by atoms with Gasteiger partial charge in [0.2, 0.25) is 0 Å². The minimum atomic E-state index is -0.0169. The number of aromatic nitrogens is 2. The first-order valence-corrected chi connectivity index (χ1v) is 9.07. The molecule has 132 valence electrons. The largest absolute Gasteiger partial charge is 0.490 e. The van der Waals surface area contributed by atoms with Gasteiger partial charge in [-0.1, -0.05) is 29.8 Å². The minimum Gasteiger partial charge on any atom is -0.490 e. The second kappa shape index (κ2) is 6.61. The van der Waals surface area contributed by atoms with Gasteiger partial charge in [0.15, 0.2) is 0 Å². The molecule has 1 aliphatic heterocycles. The van der Waals surface area contributed by atoms with E-state index in [4.69, 9.17) is 21.3 Å². The van der Waals surface area contributed by atoms with Crippen molar-refractivity contribution in [1.29, 1.82) is 0 Å². The van der Waals surface area contributed by atoms with Crippen molar-refractivity contribution < 1.29 is 4.74 Å². The molecule has 2 heterocycles. The van der Waals surface area contributed by atoms with E-state index in [1.807, 2.05) is 38.1 Å². The number of halogens is 1. The quantitative estimate of drug-likeness (QED) is 0.670. The van der Waals surface area contributed by atoms with Crippen molar-refractivity contribution in [2.24, 2.45) is 0 Å². The first-order chi connectivity index (χ1) is 12.5. The van der Waals surface area contributed by atoms with Crippen molar-refractivity contribution in [3.63, 3.8) is 0 Å². The molecule has 0 atom stereocenters. The molecule has 0 saturated heterocycles. The second-order valence-corrected chi connectivity index (χ2v) is 7.11. The van der Waals surface area contributed by atoms with Gasteiger partial charge in [0.25, 0.3) is 5.56 Å². The van der Waals surface area contributed by atoms with Crippen LogP contribution in [0.5, 0.6) is 5.75 Å². The minimum absolute atomic E-state index is 0.0169. The van der Waals surface area contributed by atoms with E-state index in [9.17, 15) is 4.79 Å². The average molecular weight is 367 g/mol. The van der Waals surface area contributed by atoms with Crippen molar-refractivity contribution in [3.8, 4) is 5.75 Å². The van der Waals surface area contributed by atoms with Crippen LogP contribution in [0.3, 0.4) is 0 Å². The zero-order chi connectivity index (χ0) is 18.3. The summed E-state index contributed by atoms with van der Waals surface area (Å²) in [4.78, 5) is 17.5. The third-order valence-electron chi connectivity index (χ3n) is 4.42. The Kier molecular flexibility index (Phi) is 4.29. The van der Waals surface area contributed by atoms with E-state index < -0.39 is 0 Å². The van der Waals surface area contributed by atoms with Gasteiger partial charge in [0.05, 0.1) is 17.0 Å². The van der Waals surface area contributed by atoms with Crippen LogP contribution in [0.25, 0.3) is 22.6 Å². The zero-order valence-corrected chi connectivity index (χ0v) is 15.5. The lowest BCUT2D eigenvalue weighted by Gasteiger charge is -2.12. The van der Waals surface area contributed by atoms with Crippen LogP contribution in [0, 0.1) is 0 Å². The molecule has 0 bridgehead atoms. The van der Waals surface area contributed by atoms with Crippen molar-refractivity contribution >= 4 is 34.2 Å². The van der Waals surface area contributed by atoms with Crippen LogP contribution < -0.4 is 10.3 Å². The Bertz CT molecular complexity index is 1080. The van der Waals surface area contributed by atoms with E-state index >= 15 is 0 Å². The summed E-state index contributed by atoms with van der Waals surface area (Å²) in [5.74, 6) is 1.55. The van der Waals surface area contributed by atoms with Crippen molar-refractivity contribution in [2.45, 2.75) is 32.9 Å². The normalized spacial score (nSPS) is 15.0. The van der Waals surface area contributed by atoms with Gasteiger partial charge in [-0.25, -0.2) is 4.98 Å². The van der Waals surface area contributed by atoms with Gasteiger partial charge >= 0.3 is 0 Å². The molecule has 3 aromatic rings. The second-order valence-electron chi connectivity index (χ2n) is 6.68.